The van der Waals surface area contributed by atoms with Crippen molar-refractivity contribution in [3.05, 3.63) is 11.8 Å². The fourth-order valence-electron chi connectivity index (χ4n) is 0.803. The lowest BCUT2D eigenvalue weighted by Gasteiger charge is -2.05. The van der Waals surface area contributed by atoms with Gasteiger partial charge in [-0.15, -0.1) is 0 Å². The first-order valence-electron chi connectivity index (χ1n) is 4.39. The third-order valence-electron chi connectivity index (χ3n) is 1.34. The molecule has 4 nitrogen and oxygen atoms in total. The predicted octanol–water partition coefficient (Wildman–Crippen LogP) is 0.991. The third-order valence-corrected chi connectivity index (χ3v) is 1.34. The van der Waals surface area contributed by atoms with Crippen LogP contribution >= 0.6 is 0 Å². The normalized spacial score (nSPS) is 11.4. The topological polar surface area (TPSA) is 58.6 Å². The van der Waals surface area contributed by atoms with Gasteiger partial charge >= 0.3 is 5.97 Å². The highest BCUT2D eigenvalue weighted by molar-refractivity contribution is 5.80. The molecule has 0 atom stereocenters. The van der Waals surface area contributed by atoms with Gasteiger partial charge in [0.15, 0.2) is 0 Å². The molecule has 0 amide bonds. The van der Waals surface area contributed by atoms with Crippen molar-refractivity contribution in [1.29, 1.82) is 0 Å². The lowest BCUT2D eigenvalue weighted by Crippen LogP contribution is -2.18. The van der Waals surface area contributed by atoms with Gasteiger partial charge in [-0.1, -0.05) is 6.92 Å². The van der Waals surface area contributed by atoms with E-state index < -0.39 is 5.97 Å². The van der Waals surface area contributed by atoms with Gasteiger partial charge in [0.1, 0.15) is 0 Å². The first kappa shape index (κ1) is 12.0. The molecule has 76 valence electrons. The van der Waals surface area contributed by atoms with Crippen LogP contribution in [0.2, 0.25) is 0 Å². The van der Waals surface area contributed by atoms with Crippen LogP contribution in [0.15, 0.2) is 11.8 Å². The van der Waals surface area contributed by atoms with Crippen LogP contribution in [0.4, 0.5) is 0 Å². The maximum atomic E-state index is 10.2. The van der Waals surface area contributed by atoms with E-state index in [1.54, 1.807) is 6.92 Å². The zero-order chi connectivity index (χ0) is 10.1. The van der Waals surface area contributed by atoms with E-state index in [4.69, 9.17) is 9.84 Å². The summed E-state index contributed by atoms with van der Waals surface area (Å²) >= 11 is 0. The Balaban J connectivity index is 3.37. The minimum absolute atomic E-state index is 0.610. The summed E-state index contributed by atoms with van der Waals surface area (Å²) in [6, 6.07) is 0. The molecule has 0 bridgehead atoms. The second-order valence-corrected chi connectivity index (χ2v) is 2.70. The van der Waals surface area contributed by atoms with Crippen molar-refractivity contribution in [2.75, 3.05) is 19.8 Å². The van der Waals surface area contributed by atoms with Gasteiger partial charge in [0, 0.05) is 24.9 Å². The summed E-state index contributed by atoms with van der Waals surface area (Å²) < 4.78 is 5.20. The number of hydrogen-bond donors (Lipinski definition) is 2. The van der Waals surface area contributed by atoms with Crippen molar-refractivity contribution < 1.29 is 14.6 Å². The van der Waals surface area contributed by atoms with E-state index in [-0.39, 0.29) is 0 Å². The third kappa shape index (κ3) is 8.88. The molecule has 0 aromatic carbocycles. The summed E-state index contributed by atoms with van der Waals surface area (Å²) in [5.41, 5.74) is 0.646. The number of nitrogens with one attached hydrogen (secondary N) is 1. The van der Waals surface area contributed by atoms with Gasteiger partial charge in [-0.2, -0.15) is 0 Å². The molecular weight excluding hydrogens is 170 g/mol. The molecule has 4 heteroatoms. The Hall–Kier alpha value is -1.03. The van der Waals surface area contributed by atoms with Gasteiger partial charge in [-0.25, -0.2) is 4.79 Å². The number of hydrogen-bond acceptors (Lipinski definition) is 3. The summed E-state index contributed by atoms with van der Waals surface area (Å²) in [4.78, 5) is 10.2. The van der Waals surface area contributed by atoms with Crippen LogP contribution in [-0.4, -0.2) is 30.8 Å². The Kier molecular flexibility index (Phi) is 7.01. The maximum Gasteiger partial charge on any atom is 0.330 e. The molecule has 0 aromatic rings. The monoisotopic (exact) mass is 187 g/mol. The van der Waals surface area contributed by atoms with Crippen molar-refractivity contribution >= 4 is 5.97 Å². The average molecular weight is 187 g/mol. The molecule has 2 N–H and O–H groups in total. The minimum Gasteiger partial charge on any atom is -0.478 e. The molecule has 0 saturated carbocycles. The summed E-state index contributed by atoms with van der Waals surface area (Å²) in [5, 5.41) is 11.3. The van der Waals surface area contributed by atoms with Gasteiger partial charge in [0.25, 0.3) is 0 Å². The Labute approximate surface area is 78.6 Å². The molecule has 0 spiro atoms. The fraction of sp³-hybridized carbons (Fsp3) is 0.667. The number of allylic oxidation sites excluding steroid dienone is 1. The van der Waals surface area contributed by atoms with Gasteiger partial charge in [0.2, 0.25) is 0 Å². The first-order chi connectivity index (χ1) is 6.16. The molecule has 0 aromatic heterocycles. The van der Waals surface area contributed by atoms with E-state index in [9.17, 15) is 4.79 Å². The van der Waals surface area contributed by atoms with Crippen LogP contribution in [0.25, 0.3) is 0 Å². The summed E-state index contributed by atoms with van der Waals surface area (Å²) in [5.74, 6) is -0.931. The van der Waals surface area contributed by atoms with E-state index in [1.807, 2.05) is 6.92 Å². The average Bonchev–Trinajstić information content (AvgIpc) is 2.02. The Morgan fingerprint density at radius 2 is 2.23 bits per heavy atom. The van der Waals surface area contributed by atoms with Gasteiger partial charge in [-0.3, -0.25) is 0 Å². The van der Waals surface area contributed by atoms with Crippen molar-refractivity contribution in [3.8, 4) is 0 Å². The fourth-order valence-corrected chi connectivity index (χ4v) is 0.803. The summed E-state index contributed by atoms with van der Waals surface area (Å²) in [6.45, 7) is 5.77. The van der Waals surface area contributed by atoms with E-state index >= 15 is 0 Å². The highest BCUT2D eigenvalue weighted by Gasteiger charge is 1.92. The standard InChI is InChI=1S/C9H17NO3/c1-3-5-13-6-4-10-8(2)7-9(11)12/h7,10H,3-6H2,1-2H3,(H,11,12)/b8-7-. The molecule has 0 heterocycles. The lowest BCUT2D eigenvalue weighted by atomic mass is 10.4. The largest absolute Gasteiger partial charge is 0.478 e. The highest BCUT2D eigenvalue weighted by atomic mass is 16.5. The van der Waals surface area contributed by atoms with Gasteiger partial charge in [-0.05, 0) is 13.3 Å². The zero-order valence-electron chi connectivity index (χ0n) is 8.17. The highest BCUT2D eigenvalue weighted by Crippen LogP contribution is 1.86. The molecule has 0 aliphatic rings. The summed E-state index contributed by atoms with van der Waals surface area (Å²) in [7, 11) is 0. The zero-order valence-corrected chi connectivity index (χ0v) is 8.17. The number of carboxylic acid groups (broad SMARTS) is 1. The van der Waals surface area contributed by atoms with E-state index in [0.29, 0.717) is 18.8 Å². The molecule has 0 unspecified atom stereocenters. The van der Waals surface area contributed by atoms with Crippen LogP contribution in [-0.2, 0) is 9.53 Å². The van der Waals surface area contributed by atoms with Gasteiger partial charge in [0.05, 0.1) is 6.61 Å². The molecule has 0 aliphatic carbocycles. The molecule has 13 heavy (non-hydrogen) atoms. The Morgan fingerprint density at radius 1 is 1.54 bits per heavy atom. The Bertz CT molecular complexity index is 178. The van der Waals surface area contributed by atoms with E-state index in [1.165, 1.54) is 0 Å². The molecule has 0 fully saturated rings. The second-order valence-electron chi connectivity index (χ2n) is 2.70. The molecule has 0 aliphatic heterocycles. The van der Waals surface area contributed by atoms with Crippen LogP contribution in [0.3, 0.4) is 0 Å². The Morgan fingerprint density at radius 3 is 2.77 bits per heavy atom. The number of rotatable bonds is 7. The van der Waals surface area contributed by atoms with Crippen molar-refractivity contribution in [2.45, 2.75) is 20.3 Å². The number of aliphatic carboxylic acids is 1. The van der Waals surface area contributed by atoms with Gasteiger partial charge < -0.3 is 15.2 Å². The van der Waals surface area contributed by atoms with Crippen LogP contribution in [0.5, 0.6) is 0 Å². The van der Waals surface area contributed by atoms with Crippen molar-refractivity contribution in [2.24, 2.45) is 0 Å². The molecular formula is C9H17NO3. The summed E-state index contributed by atoms with van der Waals surface area (Å²) in [6.07, 6.45) is 2.14. The van der Waals surface area contributed by atoms with E-state index in [0.717, 1.165) is 19.1 Å². The van der Waals surface area contributed by atoms with Crippen molar-refractivity contribution in [1.82, 2.24) is 5.32 Å². The van der Waals surface area contributed by atoms with Crippen LogP contribution < -0.4 is 5.32 Å². The minimum atomic E-state index is -0.931. The number of carboxylic acids is 1. The quantitative estimate of drug-likeness (QED) is 0.461. The lowest BCUT2D eigenvalue weighted by molar-refractivity contribution is -0.131. The number of ether oxygens (including phenoxy) is 1. The maximum absolute atomic E-state index is 10.2. The van der Waals surface area contributed by atoms with Crippen LogP contribution in [0, 0.1) is 0 Å². The SMILES string of the molecule is CCCOCCN/C(C)=C\C(=O)O. The molecule has 0 rings (SSSR count). The predicted molar refractivity (Wildman–Crippen MR) is 50.5 cm³/mol. The van der Waals surface area contributed by atoms with Crippen molar-refractivity contribution in [3.63, 3.8) is 0 Å². The smallest absolute Gasteiger partial charge is 0.330 e. The first-order valence-corrected chi connectivity index (χ1v) is 4.39. The number of carbonyl (C=O) groups is 1. The second kappa shape index (κ2) is 7.61. The van der Waals surface area contributed by atoms with Crippen LogP contribution in [0.1, 0.15) is 20.3 Å². The molecule has 0 saturated heterocycles. The molecule has 0 radical (unpaired) electrons. The van der Waals surface area contributed by atoms with E-state index in [2.05, 4.69) is 5.32 Å².